The number of nitro benzene ring substituents is 1. The van der Waals surface area contributed by atoms with Crippen LogP contribution in [0, 0.1) is 16.0 Å². The van der Waals surface area contributed by atoms with Gasteiger partial charge in [0.2, 0.25) is 23.3 Å². The number of aliphatic carboxylic acids is 2. The number of carboxylic acid groups (broad SMARTS) is 2. The Kier molecular flexibility index (Phi) is 10.3. The molecule has 0 heterocycles. The van der Waals surface area contributed by atoms with E-state index in [1.165, 1.54) is 19.1 Å². The van der Waals surface area contributed by atoms with Gasteiger partial charge >= 0.3 is 11.9 Å². The van der Waals surface area contributed by atoms with Gasteiger partial charge in [-0.25, -0.2) is 13.1 Å². The van der Waals surface area contributed by atoms with Gasteiger partial charge in [-0.05, 0) is 25.8 Å². The highest BCUT2D eigenvalue weighted by Crippen LogP contribution is 2.47. The number of carbonyl (C=O) groups excluding carboxylic acids is 1. The van der Waals surface area contributed by atoms with Gasteiger partial charge in [-0.1, -0.05) is 12.1 Å². The van der Waals surface area contributed by atoms with Crippen LogP contribution < -0.4 is 10.0 Å². The average molecular weight is 523 g/mol. The van der Waals surface area contributed by atoms with Crippen molar-refractivity contribution in [3.63, 3.8) is 0 Å². The Bertz CT molecular complexity index is 1080. The molecule has 16 heteroatoms. The molecular weight excluding hydrogens is 497 g/mol. The quantitative estimate of drug-likeness (QED) is 0.129. The summed E-state index contributed by atoms with van der Waals surface area (Å²) in [6, 6.07) is 3.38. The molecule has 5 N–H and O–H groups in total. The fourth-order valence-electron chi connectivity index (χ4n) is 2.79. The molecule has 1 aromatic carbocycles. The van der Waals surface area contributed by atoms with Gasteiger partial charge in [-0.3, -0.25) is 29.1 Å². The van der Waals surface area contributed by atoms with Gasteiger partial charge in [0.15, 0.2) is 0 Å². The minimum atomic E-state index is -4.30. The van der Waals surface area contributed by atoms with Crippen molar-refractivity contribution in [2.24, 2.45) is 5.92 Å². The van der Waals surface area contributed by atoms with Crippen LogP contribution in [0.3, 0.4) is 0 Å². The van der Waals surface area contributed by atoms with Gasteiger partial charge in [-0.2, -0.15) is 0 Å². The zero-order chi connectivity index (χ0) is 26.3. The molecule has 0 aliphatic carbocycles. The van der Waals surface area contributed by atoms with E-state index in [0.717, 1.165) is 19.1 Å². The molecule has 0 aromatic heterocycles. The number of hydrogen-bond acceptors (Lipinski definition) is 8. The molecule has 0 fully saturated rings. The van der Waals surface area contributed by atoms with Crippen LogP contribution in [0.15, 0.2) is 24.3 Å². The summed E-state index contributed by atoms with van der Waals surface area (Å²) in [5.41, 5.74) is -0.00243. The van der Waals surface area contributed by atoms with Gasteiger partial charge in [-0.15, -0.1) is 0 Å². The molecule has 34 heavy (non-hydrogen) atoms. The van der Waals surface area contributed by atoms with Crippen molar-refractivity contribution >= 4 is 40.9 Å². The third-order valence-corrected chi connectivity index (χ3v) is 8.48. The first-order valence-corrected chi connectivity index (χ1v) is 13.4. The minimum Gasteiger partial charge on any atom is -0.481 e. The molecular formula is C18H26N3O11PS. The Balaban J connectivity index is 2.75. The number of carbonyl (C=O) groups is 3. The van der Waals surface area contributed by atoms with E-state index in [1.54, 1.807) is 0 Å². The summed E-state index contributed by atoms with van der Waals surface area (Å²) < 4.78 is 39.3. The van der Waals surface area contributed by atoms with Crippen LogP contribution in [0.25, 0.3) is 0 Å². The smallest absolute Gasteiger partial charge is 0.307 e. The number of non-ortho nitro benzene ring substituents is 1. The molecule has 0 aliphatic rings. The fourth-order valence-corrected chi connectivity index (χ4v) is 5.77. The number of nitrogens with zero attached hydrogens (tertiary/aromatic N) is 1. The van der Waals surface area contributed by atoms with E-state index in [9.17, 15) is 42.4 Å². The average Bonchev–Trinajstić information content (AvgIpc) is 2.70. The number of sulfonamides is 1. The lowest BCUT2D eigenvalue weighted by atomic mass is 10.1. The molecule has 0 saturated heterocycles. The fraction of sp³-hybridized carbons (Fsp3) is 0.500. The number of hydrogen-bond donors (Lipinski definition) is 5. The van der Waals surface area contributed by atoms with Crippen LogP contribution >= 0.6 is 7.37 Å². The molecule has 14 nitrogen and oxygen atoms in total. The monoisotopic (exact) mass is 523 g/mol. The highest BCUT2D eigenvalue weighted by Gasteiger charge is 2.35. The summed E-state index contributed by atoms with van der Waals surface area (Å²) >= 11 is 0. The predicted molar refractivity (Wildman–Crippen MR) is 119 cm³/mol. The van der Waals surface area contributed by atoms with Gasteiger partial charge in [0.05, 0.1) is 22.6 Å². The molecule has 1 amide bonds. The Morgan fingerprint density at radius 1 is 1.15 bits per heavy atom. The molecule has 0 saturated carbocycles. The van der Waals surface area contributed by atoms with Crippen molar-refractivity contribution in [3.8, 4) is 0 Å². The third kappa shape index (κ3) is 9.55. The van der Waals surface area contributed by atoms with Gasteiger partial charge < -0.3 is 20.4 Å². The molecule has 0 aliphatic heterocycles. The number of nitro groups is 1. The number of rotatable bonds is 14. The van der Waals surface area contributed by atoms with Crippen molar-refractivity contribution in [3.05, 3.63) is 39.9 Å². The molecule has 1 aromatic rings. The second-order valence-corrected chi connectivity index (χ2v) is 12.0. The van der Waals surface area contributed by atoms with Crippen molar-refractivity contribution in [2.45, 2.75) is 44.3 Å². The summed E-state index contributed by atoms with van der Waals surface area (Å²) in [6.07, 6.45) is -1.68. The van der Waals surface area contributed by atoms with E-state index in [1.807, 2.05) is 0 Å². The summed E-state index contributed by atoms with van der Waals surface area (Å²) in [6.45, 7) is 2.33. The van der Waals surface area contributed by atoms with Crippen LogP contribution in [0.1, 0.15) is 32.3 Å². The SMILES string of the molecule is CC(NC(=O)[C@H](C)NS(=O)(=O)Cc1ccc([N+](=O)[O-])cc1)P(=O)(O)CC(CCC(=O)O)C(=O)O. The molecule has 0 radical (unpaired) electrons. The van der Waals surface area contributed by atoms with Crippen molar-refractivity contribution in [1.29, 1.82) is 0 Å². The number of carboxylic acids is 2. The van der Waals surface area contributed by atoms with Gasteiger partial charge in [0, 0.05) is 24.7 Å². The summed E-state index contributed by atoms with van der Waals surface area (Å²) in [5, 5.41) is 30.7. The molecule has 3 unspecified atom stereocenters. The third-order valence-electron chi connectivity index (χ3n) is 4.75. The van der Waals surface area contributed by atoms with Crippen molar-refractivity contribution in [2.75, 3.05) is 6.16 Å². The Hall–Kier alpha value is -2.87. The van der Waals surface area contributed by atoms with Crippen molar-refractivity contribution in [1.82, 2.24) is 10.0 Å². The standard InChI is InChI=1S/C18H26N3O11PS/c1-11(20-34(31,32)10-13-3-6-15(7-4-13)21(27)28)17(24)19-12(2)33(29,30)9-14(18(25)26)5-8-16(22)23/h3-4,6-7,11-12,14,20H,5,8-10H2,1-2H3,(H,19,24)(H,22,23)(H,25,26)(H,29,30)/t11-,12?,14?/m0/s1. The number of nitrogens with one attached hydrogen (secondary N) is 2. The molecule has 0 spiro atoms. The second-order valence-electron chi connectivity index (χ2n) is 7.61. The normalized spacial score (nSPS) is 16.0. The van der Waals surface area contributed by atoms with E-state index in [2.05, 4.69) is 10.0 Å². The lowest BCUT2D eigenvalue weighted by Gasteiger charge is -2.24. The zero-order valence-corrected chi connectivity index (χ0v) is 20.0. The summed E-state index contributed by atoms with van der Waals surface area (Å²) in [4.78, 5) is 54.5. The lowest BCUT2D eigenvalue weighted by Crippen LogP contribution is -2.47. The Labute approximate surface area is 195 Å². The first-order chi connectivity index (χ1) is 15.5. The zero-order valence-electron chi connectivity index (χ0n) is 18.3. The largest absolute Gasteiger partial charge is 0.481 e. The van der Waals surface area contributed by atoms with E-state index in [0.29, 0.717) is 0 Å². The summed E-state index contributed by atoms with van der Waals surface area (Å²) in [7, 11) is -8.38. The predicted octanol–water partition coefficient (Wildman–Crippen LogP) is 0.701. The molecule has 4 atom stereocenters. The van der Waals surface area contributed by atoms with Crippen molar-refractivity contribution < 1.29 is 47.4 Å². The number of amides is 1. The minimum absolute atomic E-state index is 0.222. The van der Waals surface area contributed by atoms with Crippen LogP contribution in [-0.2, 0) is 34.7 Å². The molecule has 190 valence electrons. The highest BCUT2D eigenvalue weighted by atomic mass is 32.2. The summed E-state index contributed by atoms with van der Waals surface area (Å²) in [5.74, 6) is -7.12. The maximum Gasteiger partial charge on any atom is 0.307 e. The lowest BCUT2D eigenvalue weighted by molar-refractivity contribution is -0.384. The molecule has 0 bridgehead atoms. The van der Waals surface area contributed by atoms with E-state index >= 15 is 0 Å². The van der Waals surface area contributed by atoms with Gasteiger partial charge in [0.25, 0.3) is 5.69 Å². The topological polar surface area (TPSA) is 230 Å². The molecule has 1 rings (SSSR count). The van der Waals surface area contributed by atoms with E-state index in [-0.39, 0.29) is 17.7 Å². The van der Waals surface area contributed by atoms with E-state index < -0.39 is 76.2 Å². The Morgan fingerprint density at radius 3 is 2.18 bits per heavy atom. The van der Waals surface area contributed by atoms with Crippen LogP contribution in [0.2, 0.25) is 0 Å². The first-order valence-electron chi connectivity index (χ1n) is 9.84. The highest BCUT2D eigenvalue weighted by molar-refractivity contribution is 7.88. The van der Waals surface area contributed by atoms with Crippen LogP contribution in [-0.4, -0.2) is 64.3 Å². The van der Waals surface area contributed by atoms with Crippen LogP contribution in [0.4, 0.5) is 5.69 Å². The first kappa shape index (κ1) is 29.2. The Morgan fingerprint density at radius 2 is 1.71 bits per heavy atom. The maximum absolute atomic E-state index is 12.6. The van der Waals surface area contributed by atoms with E-state index in [4.69, 9.17) is 10.2 Å². The van der Waals surface area contributed by atoms with Gasteiger partial charge in [0.1, 0.15) is 5.78 Å². The number of benzene rings is 1. The van der Waals surface area contributed by atoms with Crippen LogP contribution in [0.5, 0.6) is 0 Å². The maximum atomic E-state index is 12.6. The second kappa shape index (κ2) is 12.0.